The van der Waals surface area contributed by atoms with Crippen LogP contribution in [0.15, 0.2) is 87.6 Å². The molecule has 0 bridgehead atoms. The van der Waals surface area contributed by atoms with Crippen molar-refractivity contribution in [3.8, 4) is 23.0 Å². The number of phenolic OH excluding ortho intramolecular Hbond substituents is 2. The van der Waals surface area contributed by atoms with Crippen molar-refractivity contribution in [2.75, 3.05) is 6.61 Å². The van der Waals surface area contributed by atoms with Crippen molar-refractivity contribution < 1.29 is 19.4 Å². The first-order chi connectivity index (χ1) is 20.6. The van der Waals surface area contributed by atoms with Crippen molar-refractivity contribution >= 4 is 17.8 Å². The third-order valence-electron chi connectivity index (χ3n) is 7.82. The Morgan fingerprint density at radius 2 is 1.79 bits per heavy atom. The van der Waals surface area contributed by atoms with Crippen molar-refractivity contribution in [2.45, 2.75) is 78.6 Å². The summed E-state index contributed by atoms with van der Waals surface area (Å²) in [4.78, 5) is 9.12. The molecular weight excluding hydrogens is 536 g/mol. The lowest BCUT2D eigenvalue weighted by atomic mass is 9.81. The summed E-state index contributed by atoms with van der Waals surface area (Å²) in [6, 6.07) is 17.3. The van der Waals surface area contributed by atoms with Crippen LogP contribution in [0.5, 0.6) is 11.5 Å². The lowest BCUT2D eigenvalue weighted by Crippen LogP contribution is -2.16. The summed E-state index contributed by atoms with van der Waals surface area (Å²) in [7, 11) is 0. The maximum absolute atomic E-state index is 10.3. The van der Waals surface area contributed by atoms with Crippen molar-refractivity contribution in [2.24, 2.45) is 4.99 Å². The van der Waals surface area contributed by atoms with Gasteiger partial charge in [-0.25, -0.2) is 4.98 Å². The lowest BCUT2D eigenvalue weighted by molar-refractivity contribution is 0.222. The normalized spacial score (nSPS) is 12.6. The van der Waals surface area contributed by atoms with E-state index in [2.05, 4.69) is 57.6 Å². The number of hydrogen-bond acceptors (Lipinski definition) is 6. The average Bonchev–Trinajstić information content (AvgIpc) is 3.42. The smallest absolute Gasteiger partial charge is 0.227 e. The molecule has 0 saturated heterocycles. The molecular formula is C37H44N2O4. The van der Waals surface area contributed by atoms with E-state index in [1.54, 1.807) is 12.1 Å². The first kappa shape index (κ1) is 31.6. The summed E-state index contributed by atoms with van der Waals surface area (Å²) in [6.07, 6.45) is 9.29. The van der Waals surface area contributed by atoms with E-state index in [0.717, 1.165) is 88.9 Å². The zero-order chi connectivity index (χ0) is 31.0. The molecule has 0 radical (unpaired) electrons. The number of unbranched alkanes of at least 4 members (excludes halogenated alkanes) is 1. The number of aromatic hydroxyl groups is 2. The Balaban J connectivity index is 1.49. The first-order valence-electron chi connectivity index (χ1n) is 15.2. The third-order valence-corrected chi connectivity index (χ3v) is 7.82. The van der Waals surface area contributed by atoms with Crippen LogP contribution in [0.2, 0.25) is 0 Å². The second-order valence-corrected chi connectivity index (χ2v) is 11.7. The number of aliphatic imine (C=N–C) groups is 1. The largest absolute Gasteiger partial charge is 0.508 e. The fourth-order valence-electron chi connectivity index (χ4n) is 5.05. The van der Waals surface area contributed by atoms with E-state index in [9.17, 15) is 10.2 Å². The monoisotopic (exact) mass is 580 g/mol. The van der Waals surface area contributed by atoms with Gasteiger partial charge in [-0.15, -0.1) is 0 Å². The van der Waals surface area contributed by atoms with Gasteiger partial charge in [-0.2, -0.15) is 0 Å². The van der Waals surface area contributed by atoms with Crippen molar-refractivity contribution in [1.82, 2.24) is 4.98 Å². The second kappa shape index (κ2) is 14.2. The fraction of sp³-hybridized carbons (Fsp3) is 0.351. The van der Waals surface area contributed by atoms with Gasteiger partial charge in [-0.05, 0) is 109 Å². The Bertz CT molecular complexity index is 1630. The van der Waals surface area contributed by atoms with Gasteiger partial charge in [-0.1, -0.05) is 58.4 Å². The summed E-state index contributed by atoms with van der Waals surface area (Å²) in [6.45, 7) is 14.8. The number of hydrogen-bond donors (Lipinski definition) is 2. The molecule has 0 aliphatic heterocycles. The van der Waals surface area contributed by atoms with Gasteiger partial charge in [0.2, 0.25) is 5.89 Å². The molecule has 0 saturated carbocycles. The molecule has 3 aromatic carbocycles. The molecule has 0 unspecified atom stereocenters. The van der Waals surface area contributed by atoms with E-state index in [4.69, 9.17) is 14.1 Å². The van der Waals surface area contributed by atoms with Gasteiger partial charge in [0.15, 0.2) is 5.58 Å². The van der Waals surface area contributed by atoms with Gasteiger partial charge in [0, 0.05) is 12.0 Å². The van der Waals surface area contributed by atoms with Crippen molar-refractivity contribution in [1.29, 1.82) is 0 Å². The summed E-state index contributed by atoms with van der Waals surface area (Å²) in [5.41, 5.74) is 6.93. The minimum absolute atomic E-state index is 0.212. The van der Waals surface area contributed by atoms with E-state index in [1.165, 1.54) is 0 Å². The number of nitrogens with zero attached hydrogens (tertiary/aromatic N) is 2. The molecule has 6 heteroatoms. The minimum atomic E-state index is -0.212. The molecule has 0 atom stereocenters. The SMILES string of the molecule is C=NC(=C/CC(C)(C)c1ccc2oc(-c3ccc(O)c(CCCC)c3)nc2c1)/C(=C\CC)OCCc1ccc(O)c(C)c1. The van der Waals surface area contributed by atoms with E-state index in [1.807, 2.05) is 43.3 Å². The molecule has 0 amide bonds. The molecule has 1 heterocycles. The predicted octanol–water partition coefficient (Wildman–Crippen LogP) is 9.36. The number of aryl methyl sites for hydroxylation is 2. The van der Waals surface area contributed by atoms with Gasteiger partial charge in [0.1, 0.15) is 22.8 Å². The Hall–Kier alpha value is -4.32. The van der Waals surface area contributed by atoms with Gasteiger partial charge in [0.25, 0.3) is 0 Å². The van der Waals surface area contributed by atoms with Crippen molar-refractivity contribution in [3.05, 3.63) is 100 Å². The predicted molar refractivity (Wildman–Crippen MR) is 176 cm³/mol. The molecule has 4 aromatic rings. The van der Waals surface area contributed by atoms with E-state index in [0.29, 0.717) is 24.0 Å². The topological polar surface area (TPSA) is 88.1 Å². The molecule has 0 aliphatic rings. The molecule has 43 heavy (non-hydrogen) atoms. The molecule has 4 rings (SSSR count). The van der Waals surface area contributed by atoms with Crippen LogP contribution in [-0.4, -0.2) is 28.5 Å². The Morgan fingerprint density at radius 3 is 2.51 bits per heavy atom. The zero-order valence-corrected chi connectivity index (χ0v) is 26.1. The first-order valence-corrected chi connectivity index (χ1v) is 15.2. The zero-order valence-electron chi connectivity index (χ0n) is 26.1. The van der Waals surface area contributed by atoms with E-state index in [-0.39, 0.29) is 5.41 Å². The highest BCUT2D eigenvalue weighted by molar-refractivity contribution is 5.77. The summed E-state index contributed by atoms with van der Waals surface area (Å²) in [5, 5.41) is 20.1. The molecule has 0 spiro atoms. The standard InChI is InChI=1S/C37H44N2O4/c1-7-9-11-27-23-28(13-16-33(27)41)36-39-31-24-29(14-17-35(31)43-36)37(4,5)20-18-30(38-6)34(10-8-2)42-21-19-26-12-15-32(40)25(3)22-26/h10,12-18,22-24,40-41H,6-9,11,19-21H2,1-5H3/b30-18+,34-10+. The molecule has 0 fully saturated rings. The fourth-order valence-corrected chi connectivity index (χ4v) is 5.05. The van der Waals surface area contributed by atoms with Gasteiger partial charge < -0.3 is 19.4 Å². The number of fused-ring (bicyclic) bond motifs is 1. The number of benzene rings is 3. The molecule has 2 N–H and O–H groups in total. The highest BCUT2D eigenvalue weighted by atomic mass is 16.5. The van der Waals surface area contributed by atoms with Crippen LogP contribution in [0.25, 0.3) is 22.6 Å². The summed E-state index contributed by atoms with van der Waals surface area (Å²) < 4.78 is 12.3. The van der Waals surface area contributed by atoms with Gasteiger partial charge >= 0.3 is 0 Å². The maximum Gasteiger partial charge on any atom is 0.227 e. The van der Waals surface area contributed by atoms with Crippen LogP contribution >= 0.6 is 0 Å². The number of allylic oxidation sites excluding steroid dienone is 2. The van der Waals surface area contributed by atoms with Crippen LogP contribution < -0.4 is 0 Å². The van der Waals surface area contributed by atoms with Crippen LogP contribution in [0.4, 0.5) is 0 Å². The van der Waals surface area contributed by atoms with Crippen molar-refractivity contribution in [3.63, 3.8) is 0 Å². The number of aromatic nitrogens is 1. The van der Waals surface area contributed by atoms with E-state index < -0.39 is 0 Å². The Labute approximate surface area is 255 Å². The quantitative estimate of drug-likeness (QED) is 0.0881. The van der Waals surface area contributed by atoms with E-state index >= 15 is 0 Å². The van der Waals surface area contributed by atoms with Crippen LogP contribution in [0.1, 0.15) is 75.6 Å². The van der Waals surface area contributed by atoms with Crippen LogP contribution in [0, 0.1) is 6.92 Å². The van der Waals surface area contributed by atoms with Gasteiger partial charge in [-0.3, -0.25) is 4.99 Å². The number of rotatable bonds is 14. The molecule has 226 valence electrons. The highest BCUT2D eigenvalue weighted by Crippen LogP contribution is 2.34. The maximum atomic E-state index is 10.3. The third kappa shape index (κ3) is 7.95. The van der Waals surface area contributed by atoms with Gasteiger partial charge in [0.05, 0.1) is 12.3 Å². The number of oxazole rings is 1. The summed E-state index contributed by atoms with van der Waals surface area (Å²) in [5.74, 6) is 1.90. The highest BCUT2D eigenvalue weighted by Gasteiger charge is 2.22. The number of phenols is 2. The van der Waals surface area contributed by atoms with Crippen LogP contribution in [-0.2, 0) is 23.0 Å². The minimum Gasteiger partial charge on any atom is -0.508 e. The molecule has 0 aliphatic carbocycles. The second-order valence-electron chi connectivity index (χ2n) is 11.7. The Morgan fingerprint density at radius 1 is 1.00 bits per heavy atom. The molecule has 1 aromatic heterocycles. The average molecular weight is 581 g/mol. The summed E-state index contributed by atoms with van der Waals surface area (Å²) >= 11 is 0. The lowest BCUT2D eigenvalue weighted by Gasteiger charge is -2.24. The Kier molecular flexibility index (Phi) is 10.5. The van der Waals surface area contributed by atoms with Crippen LogP contribution in [0.3, 0.4) is 0 Å². The number of ether oxygens (including phenoxy) is 1. The molecule has 6 nitrogen and oxygen atoms in total.